The Hall–Kier alpha value is -2.47. The number of carbonyl (C=O) groups excluding carboxylic acids is 1. The van der Waals surface area contributed by atoms with Crippen LogP contribution in [-0.2, 0) is 6.42 Å². The molecule has 2 N–H and O–H groups in total. The van der Waals surface area contributed by atoms with Gasteiger partial charge in [0, 0.05) is 30.4 Å². The summed E-state index contributed by atoms with van der Waals surface area (Å²) in [4.78, 5) is 23.1. The van der Waals surface area contributed by atoms with Crippen molar-refractivity contribution in [1.29, 1.82) is 0 Å². The minimum absolute atomic E-state index is 0.0359. The molecule has 1 amide bonds. The van der Waals surface area contributed by atoms with Gasteiger partial charge in [-0.05, 0) is 31.9 Å². The summed E-state index contributed by atoms with van der Waals surface area (Å²) in [5.74, 6) is 1.43. The third-order valence-corrected chi connectivity index (χ3v) is 4.62. The summed E-state index contributed by atoms with van der Waals surface area (Å²) in [6.45, 7) is 4.92. The van der Waals surface area contributed by atoms with Gasteiger partial charge in [0.25, 0.3) is 5.91 Å². The smallest absolute Gasteiger partial charge is 0.253 e. The maximum Gasteiger partial charge on any atom is 0.253 e. The van der Waals surface area contributed by atoms with Crippen molar-refractivity contribution in [3.8, 4) is 0 Å². The highest BCUT2D eigenvalue weighted by atomic mass is 16.3. The number of nitrogens with zero attached hydrogens (tertiary/aromatic N) is 3. The average molecular weight is 354 g/mol. The summed E-state index contributed by atoms with van der Waals surface area (Å²) in [5.41, 5.74) is 1.66. The first kappa shape index (κ1) is 18.3. The van der Waals surface area contributed by atoms with Crippen molar-refractivity contribution >= 4 is 11.7 Å². The van der Waals surface area contributed by atoms with Gasteiger partial charge in [-0.15, -0.1) is 0 Å². The van der Waals surface area contributed by atoms with Crippen molar-refractivity contribution in [2.75, 3.05) is 18.4 Å². The number of likely N-dealkylation sites (tertiary alicyclic amines) is 1. The Labute approximate surface area is 154 Å². The topological polar surface area (TPSA) is 78.4 Å². The maximum absolute atomic E-state index is 12.5. The van der Waals surface area contributed by atoms with Crippen molar-refractivity contribution in [2.45, 2.75) is 45.3 Å². The molecule has 2 atom stereocenters. The normalized spacial score (nSPS) is 20.0. The highest BCUT2D eigenvalue weighted by molar-refractivity contribution is 5.94. The molecule has 1 saturated heterocycles. The van der Waals surface area contributed by atoms with Crippen molar-refractivity contribution in [3.63, 3.8) is 0 Å². The van der Waals surface area contributed by atoms with Crippen LogP contribution < -0.4 is 5.32 Å². The molecule has 0 saturated carbocycles. The van der Waals surface area contributed by atoms with Gasteiger partial charge < -0.3 is 15.3 Å². The first-order valence-electron chi connectivity index (χ1n) is 9.20. The Kier molecular flexibility index (Phi) is 5.83. The molecular weight excluding hydrogens is 328 g/mol. The Morgan fingerprint density at radius 1 is 1.31 bits per heavy atom. The molecule has 2 aromatic rings. The highest BCUT2D eigenvalue weighted by Gasteiger charge is 2.30. The number of aromatic nitrogens is 2. The standard InChI is InChI=1S/C20H26N4O2/c1-3-7-16-12-19(22-14(2)21-16)23-17-10-11-24(13-18(17)25)20(26)15-8-5-4-6-9-15/h4-6,8-9,12,17-18,25H,3,7,10-11,13H2,1-2H3,(H,21,22,23)/t17-,18-/m1/s1. The third-order valence-electron chi connectivity index (χ3n) is 4.62. The second-order valence-electron chi connectivity index (χ2n) is 6.77. The van der Waals surface area contributed by atoms with Gasteiger partial charge in [-0.3, -0.25) is 4.79 Å². The van der Waals surface area contributed by atoms with Crippen LogP contribution in [0, 0.1) is 6.92 Å². The van der Waals surface area contributed by atoms with E-state index in [4.69, 9.17) is 0 Å². The number of carbonyl (C=O) groups is 1. The molecule has 6 heteroatoms. The van der Waals surface area contributed by atoms with E-state index in [-0.39, 0.29) is 11.9 Å². The second-order valence-corrected chi connectivity index (χ2v) is 6.77. The van der Waals surface area contributed by atoms with Crippen LogP contribution in [0.2, 0.25) is 0 Å². The predicted octanol–water partition coefficient (Wildman–Crippen LogP) is 2.43. The van der Waals surface area contributed by atoms with Gasteiger partial charge in [-0.1, -0.05) is 31.5 Å². The van der Waals surface area contributed by atoms with Crippen LogP contribution in [0.4, 0.5) is 5.82 Å². The van der Waals surface area contributed by atoms with E-state index in [1.54, 1.807) is 17.0 Å². The number of piperidine rings is 1. The number of β-amino-alcohol motifs (C(OH)–C–C–N with tert-alkyl or cyclic N) is 1. The molecule has 2 heterocycles. The molecule has 1 aromatic carbocycles. The fourth-order valence-corrected chi connectivity index (χ4v) is 3.33. The largest absolute Gasteiger partial charge is 0.389 e. The van der Waals surface area contributed by atoms with Crippen LogP contribution in [0.15, 0.2) is 36.4 Å². The lowest BCUT2D eigenvalue weighted by Gasteiger charge is -2.36. The first-order valence-corrected chi connectivity index (χ1v) is 9.20. The molecular formula is C20H26N4O2. The molecule has 0 bridgehead atoms. The molecule has 26 heavy (non-hydrogen) atoms. The van der Waals surface area contributed by atoms with E-state index in [0.717, 1.165) is 30.2 Å². The molecule has 138 valence electrons. The summed E-state index contributed by atoms with van der Waals surface area (Å²) in [7, 11) is 0. The number of hydrogen-bond donors (Lipinski definition) is 2. The molecule has 0 aliphatic carbocycles. The SMILES string of the molecule is CCCc1cc(N[C@@H]2CCN(C(=O)c3ccccc3)C[C@H]2O)nc(C)n1. The van der Waals surface area contributed by atoms with Gasteiger partial charge in [0.2, 0.25) is 0 Å². The number of hydrogen-bond acceptors (Lipinski definition) is 5. The maximum atomic E-state index is 12.5. The summed E-state index contributed by atoms with van der Waals surface area (Å²) in [5, 5.41) is 13.9. The van der Waals surface area contributed by atoms with Crippen molar-refractivity contribution in [1.82, 2.24) is 14.9 Å². The van der Waals surface area contributed by atoms with E-state index in [0.29, 0.717) is 25.1 Å². The van der Waals surface area contributed by atoms with E-state index in [1.165, 1.54) is 0 Å². The quantitative estimate of drug-likeness (QED) is 0.862. The predicted molar refractivity (Wildman–Crippen MR) is 101 cm³/mol. The first-order chi connectivity index (χ1) is 12.6. The molecule has 1 aliphatic rings. The zero-order valence-electron chi connectivity index (χ0n) is 15.4. The Morgan fingerprint density at radius 2 is 2.08 bits per heavy atom. The summed E-state index contributed by atoms with van der Waals surface area (Å²) >= 11 is 0. The van der Waals surface area contributed by atoms with Gasteiger partial charge in [0.05, 0.1) is 12.1 Å². The highest BCUT2D eigenvalue weighted by Crippen LogP contribution is 2.19. The Balaban J connectivity index is 1.63. The van der Waals surface area contributed by atoms with Crippen LogP contribution in [0.3, 0.4) is 0 Å². The fourth-order valence-electron chi connectivity index (χ4n) is 3.33. The number of benzene rings is 1. The van der Waals surface area contributed by atoms with E-state index in [1.807, 2.05) is 31.2 Å². The fraction of sp³-hybridized carbons (Fsp3) is 0.450. The van der Waals surface area contributed by atoms with Gasteiger partial charge >= 0.3 is 0 Å². The lowest BCUT2D eigenvalue weighted by molar-refractivity contribution is 0.0426. The van der Waals surface area contributed by atoms with Crippen molar-refractivity contribution in [3.05, 3.63) is 53.5 Å². The second kappa shape index (κ2) is 8.27. The Bertz CT molecular complexity index is 751. The van der Waals surface area contributed by atoms with Gasteiger partial charge in [-0.25, -0.2) is 9.97 Å². The molecule has 1 aromatic heterocycles. The Morgan fingerprint density at radius 3 is 2.77 bits per heavy atom. The number of aliphatic hydroxyl groups excluding tert-OH is 1. The third kappa shape index (κ3) is 4.38. The number of rotatable bonds is 5. The molecule has 1 fully saturated rings. The summed E-state index contributed by atoms with van der Waals surface area (Å²) < 4.78 is 0. The molecule has 0 radical (unpaired) electrons. The van der Waals surface area contributed by atoms with Gasteiger partial charge in [0.1, 0.15) is 11.6 Å². The monoisotopic (exact) mass is 354 g/mol. The minimum atomic E-state index is -0.638. The van der Waals surface area contributed by atoms with Crippen LogP contribution in [0.5, 0.6) is 0 Å². The number of aliphatic hydroxyl groups is 1. The number of nitrogens with one attached hydrogen (secondary N) is 1. The molecule has 3 rings (SSSR count). The molecule has 6 nitrogen and oxygen atoms in total. The minimum Gasteiger partial charge on any atom is -0.389 e. The van der Waals surface area contributed by atoms with Crippen molar-refractivity contribution < 1.29 is 9.90 Å². The summed E-state index contributed by atoms with van der Waals surface area (Å²) in [6.07, 6.45) is 1.97. The van der Waals surface area contributed by atoms with Crippen LogP contribution in [-0.4, -0.2) is 51.1 Å². The van der Waals surface area contributed by atoms with Crippen LogP contribution >= 0.6 is 0 Å². The lowest BCUT2D eigenvalue weighted by atomic mass is 10.0. The number of aryl methyl sites for hydroxylation is 2. The van der Waals surface area contributed by atoms with E-state index < -0.39 is 6.10 Å². The van der Waals surface area contributed by atoms with E-state index in [9.17, 15) is 9.90 Å². The van der Waals surface area contributed by atoms with Gasteiger partial charge in [0.15, 0.2) is 0 Å². The van der Waals surface area contributed by atoms with Gasteiger partial charge in [-0.2, -0.15) is 0 Å². The van der Waals surface area contributed by atoms with Crippen molar-refractivity contribution in [2.24, 2.45) is 0 Å². The zero-order chi connectivity index (χ0) is 18.5. The van der Waals surface area contributed by atoms with E-state index >= 15 is 0 Å². The lowest BCUT2D eigenvalue weighted by Crippen LogP contribution is -2.51. The molecule has 0 unspecified atom stereocenters. The summed E-state index contributed by atoms with van der Waals surface area (Å²) in [6, 6.07) is 11.0. The number of anilines is 1. The number of amides is 1. The van der Waals surface area contributed by atoms with Crippen LogP contribution in [0.1, 0.15) is 41.6 Å². The molecule has 0 spiro atoms. The average Bonchev–Trinajstić information content (AvgIpc) is 2.63. The zero-order valence-corrected chi connectivity index (χ0v) is 15.4. The molecule has 1 aliphatic heterocycles. The van der Waals surface area contributed by atoms with Crippen LogP contribution in [0.25, 0.3) is 0 Å². The van der Waals surface area contributed by atoms with E-state index in [2.05, 4.69) is 22.2 Å².